The van der Waals surface area contributed by atoms with Crippen LogP contribution in [0.2, 0.25) is 0 Å². The zero-order valence-corrected chi connectivity index (χ0v) is 11.3. The van der Waals surface area contributed by atoms with Gasteiger partial charge in [-0.1, -0.05) is 0 Å². The Bertz CT molecular complexity index is 657. The molecule has 8 heteroatoms. The van der Waals surface area contributed by atoms with Crippen LogP contribution in [0.3, 0.4) is 0 Å². The maximum atomic E-state index is 12.2. The van der Waals surface area contributed by atoms with Gasteiger partial charge in [0.15, 0.2) is 0 Å². The molecule has 2 heterocycles. The number of nitro groups is 1. The number of H-pyrrole nitrogens is 1. The summed E-state index contributed by atoms with van der Waals surface area (Å²) in [6.45, 7) is 0.427. The molecule has 0 saturated heterocycles. The highest BCUT2D eigenvalue weighted by molar-refractivity contribution is 5.93. The minimum atomic E-state index is -0.474. The number of imidazole rings is 1. The third kappa shape index (κ3) is 2.93. The van der Waals surface area contributed by atoms with Gasteiger partial charge in [0, 0.05) is 37.5 Å². The molecule has 2 aromatic heterocycles. The lowest BCUT2D eigenvalue weighted by atomic mass is 10.3. The monoisotopic (exact) mass is 289 g/mol. The summed E-state index contributed by atoms with van der Waals surface area (Å²) in [6.07, 6.45) is 7.32. The van der Waals surface area contributed by atoms with E-state index in [1.54, 1.807) is 17.0 Å². The lowest BCUT2D eigenvalue weighted by molar-refractivity contribution is -0.384. The summed E-state index contributed by atoms with van der Waals surface area (Å²) in [7, 11) is 0. The molecule has 8 nitrogen and oxygen atoms in total. The van der Waals surface area contributed by atoms with Gasteiger partial charge in [-0.2, -0.15) is 0 Å². The predicted octanol–water partition coefficient (Wildman–Crippen LogP) is 1.43. The van der Waals surface area contributed by atoms with Gasteiger partial charge < -0.3 is 14.9 Å². The lowest BCUT2D eigenvalue weighted by Gasteiger charge is -2.07. The van der Waals surface area contributed by atoms with Crippen LogP contribution in [0.5, 0.6) is 0 Å². The molecule has 2 N–H and O–H groups in total. The molecule has 0 atom stereocenters. The Kier molecular flexibility index (Phi) is 3.43. The Labute approximate surface area is 120 Å². The predicted molar refractivity (Wildman–Crippen MR) is 74.0 cm³/mol. The first-order valence-corrected chi connectivity index (χ1v) is 6.78. The minimum Gasteiger partial charge on any atom is -0.350 e. The Morgan fingerprint density at radius 3 is 3.00 bits per heavy atom. The van der Waals surface area contributed by atoms with Gasteiger partial charge in [0.2, 0.25) is 0 Å². The van der Waals surface area contributed by atoms with Gasteiger partial charge in [-0.15, -0.1) is 0 Å². The summed E-state index contributed by atoms with van der Waals surface area (Å²) < 4.78 is 1.71. The van der Waals surface area contributed by atoms with Crippen molar-refractivity contribution in [2.75, 3.05) is 6.54 Å². The number of rotatable bonds is 6. The van der Waals surface area contributed by atoms with Gasteiger partial charge in [-0.25, -0.2) is 4.98 Å². The highest BCUT2D eigenvalue weighted by Crippen LogP contribution is 2.37. The Balaban J connectivity index is 1.67. The fourth-order valence-electron chi connectivity index (χ4n) is 2.22. The molecule has 0 aromatic carbocycles. The number of hydrogen-bond acceptors (Lipinski definition) is 4. The van der Waals surface area contributed by atoms with Crippen LogP contribution >= 0.6 is 0 Å². The second-order valence-electron chi connectivity index (χ2n) is 5.02. The number of amides is 1. The number of carbonyl (C=O) groups excluding carboxylic acids is 1. The van der Waals surface area contributed by atoms with Crippen LogP contribution in [0.15, 0.2) is 24.7 Å². The first-order valence-electron chi connectivity index (χ1n) is 6.78. The molecule has 0 bridgehead atoms. The van der Waals surface area contributed by atoms with Gasteiger partial charge in [0.05, 0.1) is 11.1 Å². The van der Waals surface area contributed by atoms with Crippen molar-refractivity contribution in [3.05, 3.63) is 46.3 Å². The van der Waals surface area contributed by atoms with Crippen LogP contribution in [0.4, 0.5) is 5.69 Å². The molecule has 0 radical (unpaired) electrons. The van der Waals surface area contributed by atoms with Crippen LogP contribution in [-0.2, 0) is 6.42 Å². The minimum absolute atomic E-state index is 0.0434. The van der Waals surface area contributed by atoms with Crippen molar-refractivity contribution >= 4 is 11.6 Å². The van der Waals surface area contributed by atoms with Gasteiger partial charge in [0.1, 0.15) is 11.5 Å². The molecule has 0 unspecified atom stereocenters. The molecule has 2 aromatic rings. The molecule has 0 aliphatic heterocycles. The van der Waals surface area contributed by atoms with E-state index in [0.717, 1.165) is 18.7 Å². The summed E-state index contributed by atoms with van der Waals surface area (Å²) >= 11 is 0. The Morgan fingerprint density at radius 2 is 2.38 bits per heavy atom. The van der Waals surface area contributed by atoms with Crippen LogP contribution in [-0.4, -0.2) is 31.9 Å². The largest absolute Gasteiger partial charge is 0.350 e. The fraction of sp³-hybridized carbons (Fsp3) is 0.385. The summed E-state index contributed by atoms with van der Waals surface area (Å²) in [4.78, 5) is 29.6. The van der Waals surface area contributed by atoms with Crippen LogP contribution in [0, 0.1) is 10.1 Å². The zero-order chi connectivity index (χ0) is 14.8. The standard InChI is InChI=1S/C13H15N5O3/c19-13(16-4-3-12-14-5-6-15-12)11-7-10(18(20)21)8-17(11)9-1-2-9/h5-9H,1-4H2,(H,14,15)(H,16,19). The fourth-order valence-corrected chi connectivity index (χ4v) is 2.22. The summed E-state index contributed by atoms with van der Waals surface area (Å²) in [6, 6.07) is 1.55. The highest BCUT2D eigenvalue weighted by Gasteiger charge is 2.30. The van der Waals surface area contributed by atoms with Gasteiger partial charge in [-0.05, 0) is 12.8 Å². The molecule has 1 aliphatic rings. The average Bonchev–Trinajstić information content (AvgIpc) is 3.00. The third-order valence-corrected chi connectivity index (χ3v) is 3.42. The number of aromatic amines is 1. The van der Waals surface area contributed by atoms with Gasteiger partial charge in [-0.3, -0.25) is 14.9 Å². The number of nitrogens with one attached hydrogen (secondary N) is 2. The smallest absolute Gasteiger partial charge is 0.287 e. The average molecular weight is 289 g/mol. The topological polar surface area (TPSA) is 106 Å². The second-order valence-corrected chi connectivity index (χ2v) is 5.02. The number of aromatic nitrogens is 3. The molecule has 1 fully saturated rings. The highest BCUT2D eigenvalue weighted by atomic mass is 16.6. The van der Waals surface area contributed by atoms with Crippen molar-refractivity contribution in [3.8, 4) is 0 Å². The molecule has 0 spiro atoms. The molecule has 21 heavy (non-hydrogen) atoms. The van der Waals surface area contributed by atoms with Crippen LogP contribution < -0.4 is 5.32 Å². The summed E-state index contributed by atoms with van der Waals surface area (Å²) in [5.74, 6) is 0.500. The van der Waals surface area contributed by atoms with E-state index in [9.17, 15) is 14.9 Å². The van der Waals surface area contributed by atoms with Crippen LogP contribution in [0.1, 0.15) is 35.2 Å². The first-order chi connectivity index (χ1) is 10.1. The van der Waals surface area contributed by atoms with Crippen LogP contribution in [0.25, 0.3) is 0 Å². The third-order valence-electron chi connectivity index (χ3n) is 3.42. The molecular formula is C13H15N5O3. The normalized spacial score (nSPS) is 14.1. The molecular weight excluding hydrogens is 274 g/mol. The van der Waals surface area contributed by atoms with E-state index >= 15 is 0 Å². The quantitative estimate of drug-likeness (QED) is 0.619. The van der Waals surface area contributed by atoms with Crippen molar-refractivity contribution < 1.29 is 9.72 Å². The number of carbonyl (C=O) groups is 1. The van der Waals surface area contributed by atoms with Crippen molar-refractivity contribution in [3.63, 3.8) is 0 Å². The zero-order valence-electron chi connectivity index (χ0n) is 11.3. The number of nitrogens with zero attached hydrogens (tertiary/aromatic N) is 3. The second kappa shape index (κ2) is 5.39. The van der Waals surface area contributed by atoms with Gasteiger partial charge >= 0.3 is 0 Å². The Morgan fingerprint density at radius 1 is 1.57 bits per heavy atom. The van der Waals surface area contributed by atoms with E-state index in [4.69, 9.17) is 0 Å². The van der Waals surface area contributed by atoms with E-state index in [2.05, 4.69) is 15.3 Å². The van der Waals surface area contributed by atoms with Crippen molar-refractivity contribution in [2.45, 2.75) is 25.3 Å². The van der Waals surface area contributed by atoms with E-state index < -0.39 is 4.92 Å². The SMILES string of the molecule is O=C(NCCc1ncc[nH]1)c1cc([N+](=O)[O-])cn1C1CC1. The van der Waals surface area contributed by atoms with Crippen molar-refractivity contribution in [1.29, 1.82) is 0 Å². The first kappa shape index (κ1) is 13.3. The molecule has 3 rings (SSSR count). The molecule has 1 saturated carbocycles. The lowest BCUT2D eigenvalue weighted by Crippen LogP contribution is -2.27. The van der Waals surface area contributed by atoms with E-state index in [1.807, 2.05) is 0 Å². The van der Waals surface area contributed by atoms with E-state index in [1.165, 1.54) is 12.3 Å². The molecule has 1 amide bonds. The summed E-state index contributed by atoms with van der Waals surface area (Å²) in [5.41, 5.74) is 0.307. The molecule has 110 valence electrons. The van der Waals surface area contributed by atoms with Crippen molar-refractivity contribution in [2.24, 2.45) is 0 Å². The van der Waals surface area contributed by atoms with Crippen molar-refractivity contribution in [1.82, 2.24) is 19.9 Å². The maximum absolute atomic E-state index is 12.2. The number of hydrogen-bond donors (Lipinski definition) is 2. The Hall–Kier alpha value is -2.64. The summed E-state index contributed by atoms with van der Waals surface area (Å²) in [5, 5.41) is 13.6. The maximum Gasteiger partial charge on any atom is 0.287 e. The molecule has 1 aliphatic carbocycles. The van der Waals surface area contributed by atoms with Gasteiger partial charge in [0.25, 0.3) is 11.6 Å². The van der Waals surface area contributed by atoms with E-state index in [0.29, 0.717) is 18.7 Å². The van der Waals surface area contributed by atoms with E-state index in [-0.39, 0.29) is 17.6 Å².